The van der Waals surface area contributed by atoms with Gasteiger partial charge in [-0.2, -0.15) is 0 Å². The molecule has 4 rings (SSSR count). The molecule has 0 bridgehead atoms. The van der Waals surface area contributed by atoms with E-state index in [1.165, 1.54) is 4.90 Å². The maximum absolute atomic E-state index is 11.3. The van der Waals surface area contributed by atoms with Crippen molar-refractivity contribution >= 4 is 28.9 Å². The summed E-state index contributed by atoms with van der Waals surface area (Å²) in [6.45, 7) is 4.06. The normalized spacial score (nSPS) is 13.9. The Morgan fingerprint density at radius 3 is 2.66 bits per heavy atom. The minimum absolute atomic E-state index is 0.268. The van der Waals surface area contributed by atoms with Crippen LogP contribution in [0.2, 0.25) is 0 Å². The number of hydrogen-bond acceptors (Lipinski definition) is 9. The predicted octanol–water partition coefficient (Wildman–Crippen LogP) is 3.87. The summed E-state index contributed by atoms with van der Waals surface area (Å²) in [7, 11) is 1.59. The minimum Gasteiger partial charge on any atom is -0.480 e. The number of amides is 1. The largest absolute Gasteiger partial charge is 0.480 e. The highest BCUT2D eigenvalue weighted by molar-refractivity contribution is 6.23. The third kappa shape index (κ3) is 8.19. The number of methoxy groups -OCH3 is 1. The quantitative estimate of drug-likeness (QED) is 0.225. The van der Waals surface area contributed by atoms with Gasteiger partial charge in [0.25, 0.3) is 5.91 Å². The topological polar surface area (TPSA) is 138 Å². The first kappa shape index (κ1) is 28.9. The molecule has 1 amide bonds. The number of pyridine rings is 1. The number of aromatic nitrogens is 2. The van der Waals surface area contributed by atoms with Crippen LogP contribution < -0.4 is 10.5 Å². The summed E-state index contributed by atoms with van der Waals surface area (Å²) in [5.74, 6) is 1.47. The zero-order valence-corrected chi connectivity index (χ0v) is 22.1. The van der Waals surface area contributed by atoms with E-state index in [9.17, 15) is 14.4 Å². The maximum atomic E-state index is 11.3. The Bertz CT molecular complexity index is 1210. The van der Waals surface area contributed by atoms with Crippen molar-refractivity contribution in [2.45, 2.75) is 51.5 Å². The summed E-state index contributed by atoms with van der Waals surface area (Å²) in [5.41, 5.74) is 7.86. The molecule has 10 nitrogen and oxygen atoms in total. The van der Waals surface area contributed by atoms with E-state index in [0.29, 0.717) is 68.7 Å². The Labute approximate surface area is 222 Å². The van der Waals surface area contributed by atoms with E-state index in [1.54, 1.807) is 13.3 Å². The molecule has 3 heterocycles. The van der Waals surface area contributed by atoms with Gasteiger partial charge < -0.3 is 24.5 Å². The first-order chi connectivity index (χ1) is 18.5. The minimum atomic E-state index is -0.441. The number of morpholine rings is 1. The summed E-state index contributed by atoms with van der Waals surface area (Å²) >= 11 is 0. The standard InChI is InChI=1S/C22H27N3O3.C6H9NO3/c1-3-16(26)10-5-4-6-11-18(23)22-24-14-20(28-22)17-13-15-9-7-8-12-19(15)25-21(17)27-2;8-5-6(9)7-1-3-10-4-2-7/h7-9,12-14,18H,3-6,10-11,23H2,1-2H3;5H,1-4H2/t18-;/m0./s1. The number of unbranched alkanes of at least 4 members (excludes halogenated alkanes) is 2. The number of ether oxygens (including phenoxy) is 2. The van der Waals surface area contributed by atoms with Gasteiger partial charge in [0.1, 0.15) is 5.78 Å². The molecule has 204 valence electrons. The zero-order valence-electron chi connectivity index (χ0n) is 22.1. The second-order valence-corrected chi connectivity index (χ2v) is 8.95. The van der Waals surface area contributed by atoms with Crippen LogP contribution in [0.3, 0.4) is 0 Å². The number of oxazole rings is 1. The van der Waals surface area contributed by atoms with Crippen molar-refractivity contribution in [2.75, 3.05) is 33.4 Å². The lowest BCUT2D eigenvalue weighted by atomic mass is 10.1. The van der Waals surface area contributed by atoms with Crippen LogP contribution in [0.1, 0.15) is 57.4 Å². The maximum Gasteiger partial charge on any atom is 0.286 e. The summed E-state index contributed by atoms with van der Waals surface area (Å²) in [6.07, 6.45) is 6.89. The van der Waals surface area contributed by atoms with Crippen LogP contribution in [0.25, 0.3) is 22.2 Å². The van der Waals surface area contributed by atoms with E-state index < -0.39 is 5.91 Å². The van der Waals surface area contributed by atoms with Gasteiger partial charge in [0, 0.05) is 31.3 Å². The smallest absolute Gasteiger partial charge is 0.286 e. The van der Waals surface area contributed by atoms with Crippen LogP contribution in [0.15, 0.2) is 40.9 Å². The van der Waals surface area contributed by atoms with E-state index in [4.69, 9.17) is 19.6 Å². The van der Waals surface area contributed by atoms with Gasteiger partial charge in [0.2, 0.25) is 18.1 Å². The summed E-state index contributed by atoms with van der Waals surface area (Å²) in [4.78, 5) is 42.4. The molecule has 1 aliphatic rings. The van der Waals surface area contributed by atoms with Gasteiger partial charge in [-0.25, -0.2) is 9.97 Å². The van der Waals surface area contributed by atoms with Gasteiger partial charge in [-0.15, -0.1) is 0 Å². The number of para-hydroxylation sites is 1. The third-order valence-corrected chi connectivity index (χ3v) is 6.28. The highest BCUT2D eigenvalue weighted by Crippen LogP contribution is 2.33. The van der Waals surface area contributed by atoms with Gasteiger partial charge in [-0.1, -0.05) is 38.0 Å². The molecule has 1 aromatic carbocycles. The van der Waals surface area contributed by atoms with Crippen molar-refractivity contribution in [3.63, 3.8) is 0 Å². The predicted molar refractivity (Wildman–Crippen MR) is 143 cm³/mol. The number of nitrogens with two attached hydrogens (primary N) is 1. The second kappa shape index (κ2) is 14.9. The zero-order chi connectivity index (χ0) is 27.3. The number of benzene rings is 1. The van der Waals surface area contributed by atoms with Crippen LogP contribution in [0.5, 0.6) is 5.88 Å². The monoisotopic (exact) mass is 524 g/mol. The van der Waals surface area contributed by atoms with Crippen molar-refractivity contribution in [1.82, 2.24) is 14.9 Å². The van der Waals surface area contributed by atoms with Crippen LogP contribution in [0, 0.1) is 0 Å². The molecule has 0 radical (unpaired) electrons. The average molecular weight is 525 g/mol. The van der Waals surface area contributed by atoms with E-state index in [1.807, 2.05) is 37.3 Å². The lowest BCUT2D eigenvalue weighted by Gasteiger charge is -2.24. The Kier molecular flexibility index (Phi) is 11.4. The molecular weight excluding hydrogens is 488 g/mol. The van der Waals surface area contributed by atoms with Crippen LogP contribution in [0.4, 0.5) is 0 Å². The lowest BCUT2D eigenvalue weighted by molar-refractivity contribution is -0.141. The van der Waals surface area contributed by atoms with Gasteiger partial charge >= 0.3 is 0 Å². The highest BCUT2D eigenvalue weighted by atomic mass is 16.5. The van der Waals surface area contributed by atoms with Gasteiger partial charge in [0.15, 0.2) is 5.76 Å². The Morgan fingerprint density at radius 1 is 1.18 bits per heavy atom. The molecule has 0 saturated carbocycles. The van der Waals surface area contributed by atoms with Gasteiger partial charge in [-0.05, 0) is 25.0 Å². The molecule has 38 heavy (non-hydrogen) atoms. The molecule has 1 atom stereocenters. The number of Topliss-reactive ketones (excluding diaryl/α,β-unsaturated/α-hetero) is 1. The molecule has 2 aromatic heterocycles. The fraction of sp³-hybridized carbons (Fsp3) is 0.464. The lowest BCUT2D eigenvalue weighted by Crippen LogP contribution is -2.41. The summed E-state index contributed by atoms with van der Waals surface area (Å²) in [5, 5.41) is 1.00. The fourth-order valence-corrected chi connectivity index (χ4v) is 4.04. The molecule has 3 aromatic rings. The van der Waals surface area contributed by atoms with Gasteiger partial charge in [0.05, 0.1) is 43.6 Å². The average Bonchev–Trinajstić information content (AvgIpc) is 3.46. The van der Waals surface area contributed by atoms with Gasteiger partial charge in [-0.3, -0.25) is 14.4 Å². The number of carbonyl (C=O) groups is 3. The third-order valence-electron chi connectivity index (χ3n) is 6.28. The molecule has 1 aliphatic heterocycles. The summed E-state index contributed by atoms with van der Waals surface area (Å²) in [6, 6.07) is 9.57. The number of aldehydes is 1. The number of hydrogen-bond donors (Lipinski definition) is 1. The molecule has 0 unspecified atom stereocenters. The Balaban J connectivity index is 0.000000336. The fourth-order valence-electron chi connectivity index (χ4n) is 4.04. The number of ketones is 1. The van der Waals surface area contributed by atoms with E-state index in [-0.39, 0.29) is 6.04 Å². The van der Waals surface area contributed by atoms with Crippen LogP contribution in [-0.2, 0) is 19.1 Å². The molecule has 1 saturated heterocycles. The van der Waals surface area contributed by atoms with Crippen molar-refractivity contribution in [3.05, 3.63) is 42.4 Å². The van der Waals surface area contributed by atoms with E-state index in [2.05, 4.69) is 9.97 Å². The van der Waals surface area contributed by atoms with E-state index in [0.717, 1.165) is 42.1 Å². The second-order valence-electron chi connectivity index (χ2n) is 8.95. The summed E-state index contributed by atoms with van der Waals surface area (Å²) < 4.78 is 16.4. The first-order valence-corrected chi connectivity index (χ1v) is 13.0. The molecular formula is C28H36N4O6. The van der Waals surface area contributed by atoms with Crippen molar-refractivity contribution in [3.8, 4) is 17.2 Å². The Morgan fingerprint density at radius 2 is 1.95 bits per heavy atom. The molecule has 1 fully saturated rings. The molecule has 0 spiro atoms. The molecule has 2 N–H and O–H groups in total. The Hall–Kier alpha value is -3.63. The molecule has 10 heteroatoms. The van der Waals surface area contributed by atoms with Crippen molar-refractivity contribution in [1.29, 1.82) is 0 Å². The van der Waals surface area contributed by atoms with Crippen LogP contribution >= 0.6 is 0 Å². The van der Waals surface area contributed by atoms with Crippen molar-refractivity contribution < 1.29 is 28.3 Å². The first-order valence-electron chi connectivity index (χ1n) is 13.0. The molecule has 0 aliphatic carbocycles. The van der Waals surface area contributed by atoms with E-state index >= 15 is 0 Å². The SMILES string of the molecule is CCC(=O)CCCCC[C@H](N)c1ncc(-c2cc3ccccc3nc2OC)o1.O=CC(=O)N1CCOCC1. The highest BCUT2D eigenvalue weighted by Gasteiger charge is 2.18. The number of fused-ring (bicyclic) bond motifs is 1. The number of rotatable bonds is 11. The van der Waals surface area contributed by atoms with Crippen molar-refractivity contribution in [2.24, 2.45) is 5.73 Å². The number of nitrogens with zero attached hydrogens (tertiary/aromatic N) is 3. The van der Waals surface area contributed by atoms with Crippen LogP contribution in [-0.4, -0.2) is 66.3 Å². The number of carbonyl (C=O) groups excluding carboxylic acids is 3.